The largest absolute Gasteiger partial charge is 0.416 e. The number of aromatic nitrogens is 4. The molecule has 2 heterocycles. The molecule has 3 N–H and O–H groups in total. The minimum Gasteiger partial charge on any atom is -0.375 e. The summed E-state index contributed by atoms with van der Waals surface area (Å²) in [6.07, 6.45) is -5.13. The molecule has 0 saturated heterocycles. The molecule has 10 nitrogen and oxygen atoms in total. The van der Waals surface area contributed by atoms with Gasteiger partial charge in [0.15, 0.2) is 5.82 Å². The highest BCUT2D eigenvalue weighted by atomic mass is 19.4. The van der Waals surface area contributed by atoms with Crippen molar-refractivity contribution in [3.05, 3.63) is 64.8 Å². The van der Waals surface area contributed by atoms with Gasteiger partial charge in [-0.25, -0.2) is 9.97 Å². The Hall–Kier alpha value is -4.73. The summed E-state index contributed by atoms with van der Waals surface area (Å²) < 4.78 is 86.5. The van der Waals surface area contributed by atoms with Crippen LogP contribution < -0.4 is 16.0 Å². The number of fused-ring (bicyclic) bond motifs is 1. The van der Waals surface area contributed by atoms with E-state index in [1.807, 2.05) is 19.1 Å². The Morgan fingerprint density at radius 1 is 0.939 bits per heavy atom. The van der Waals surface area contributed by atoms with Crippen molar-refractivity contribution in [2.45, 2.75) is 69.9 Å². The molecule has 0 radical (unpaired) electrons. The third-order valence-corrected chi connectivity index (χ3v) is 8.38. The first-order valence-corrected chi connectivity index (χ1v) is 15.6. The predicted molar refractivity (Wildman–Crippen MR) is 170 cm³/mol. The molecule has 0 spiro atoms. The number of anilines is 2. The zero-order chi connectivity index (χ0) is 35.5. The lowest BCUT2D eigenvalue weighted by Crippen LogP contribution is -2.41. The van der Waals surface area contributed by atoms with Gasteiger partial charge in [0.25, 0.3) is 0 Å². The van der Waals surface area contributed by atoms with E-state index >= 15 is 0 Å². The van der Waals surface area contributed by atoms with Crippen LogP contribution in [-0.4, -0.2) is 57.4 Å². The molecule has 0 atom stereocenters. The monoisotopic (exact) mass is 691 g/mol. The quantitative estimate of drug-likeness (QED) is 0.167. The maximum atomic E-state index is 13.5. The van der Waals surface area contributed by atoms with Crippen LogP contribution in [0.3, 0.4) is 0 Å². The molecule has 0 bridgehead atoms. The van der Waals surface area contributed by atoms with E-state index in [1.54, 1.807) is 13.2 Å². The number of hydrogen-bond acceptors (Lipinski definition) is 7. The highest BCUT2D eigenvalue weighted by Crippen LogP contribution is 2.37. The van der Waals surface area contributed by atoms with Gasteiger partial charge >= 0.3 is 12.4 Å². The summed E-state index contributed by atoms with van der Waals surface area (Å²) in [5.41, 5.74) is -0.455. The van der Waals surface area contributed by atoms with Crippen LogP contribution in [0.5, 0.6) is 0 Å². The predicted octanol–water partition coefficient (Wildman–Crippen LogP) is 6.30. The SMILES string of the molecule is CCc1cc(-c2cc(NC(=O)Cc3cc(C(F)(F)F)ccc3C(F)(F)F)nn2C)cc2cnc(N[C@H]3CC[C@H](NC(=O)COC)CC3)nc12. The molecule has 1 aliphatic carbocycles. The van der Waals surface area contributed by atoms with Crippen molar-refractivity contribution in [1.82, 2.24) is 25.1 Å². The number of aryl methyl sites for hydroxylation is 2. The highest BCUT2D eigenvalue weighted by molar-refractivity contribution is 5.93. The van der Waals surface area contributed by atoms with Crippen molar-refractivity contribution < 1.29 is 40.7 Å². The molecule has 16 heteroatoms. The van der Waals surface area contributed by atoms with E-state index in [4.69, 9.17) is 9.72 Å². The van der Waals surface area contributed by atoms with Crippen LogP contribution in [0.25, 0.3) is 22.2 Å². The summed E-state index contributed by atoms with van der Waals surface area (Å²) in [5.74, 6) is -0.584. The van der Waals surface area contributed by atoms with Crippen LogP contribution in [0.4, 0.5) is 38.1 Å². The minimum absolute atomic E-state index is 0.0185. The molecule has 2 amide bonds. The van der Waals surface area contributed by atoms with Gasteiger partial charge in [-0.15, -0.1) is 0 Å². The minimum atomic E-state index is -4.95. The zero-order valence-corrected chi connectivity index (χ0v) is 26.9. The van der Waals surface area contributed by atoms with Crippen LogP contribution in [0, 0.1) is 0 Å². The number of benzene rings is 2. The second-order valence-electron chi connectivity index (χ2n) is 11.9. The third kappa shape index (κ3) is 8.66. The molecular weight excluding hydrogens is 656 g/mol. The number of nitrogens with one attached hydrogen (secondary N) is 3. The van der Waals surface area contributed by atoms with Gasteiger partial charge in [0.05, 0.1) is 28.8 Å². The molecule has 5 rings (SSSR count). The Bertz CT molecular complexity index is 1830. The van der Waals surface area contributed by atoms with Crippen molar-refractivity contribution in [3.63, 3.8) is 0 Å². The van der Waals surface area contributed by atoms with Gasteiger partial charge in [-0.2, -0.15) is 31.4 Å². The summed E-state index contributed by atoms with van der Waals surface area (Å²) in [6.45, 7) is 2.01. The van der Waals surface area contributed by atoms with E-state index in [0.717, 1.165) is 47.7 Å². The number of ether oxygens (including phenoxy) is 1. The molecule has 0 unspecified atom stereocenters. The van der Waals surface area contributed by atoms with Crippen LogP contribution >= 0.6 is 0 Å². The van der Waals surface area contributed by atoms with Gasteiger partial charge in [0.1, 0.15) is 6.61 Å². The van der Waals surface area contributed by atoms with E-state index in [1.165, 1.54) is 17.9 Å². The summed E-state index contributed by atoms with van der Waals surface area (Å²) in [5, 5.41) is 13.8. The number of amides is 2. The summed E-state index contributed by atoms with van der Waals surface area (Å²) in [7, 11) is 3.10. The average Bonchev–Trinajstić information content (AvgIpc) is 3.39. The van der Waals surface area contributed by atoms with Gasteiger partial charge in [0, 0.05) is 49.5 Å². The lowest BCUT2D eigenvalue weighted by molar-refractivity contribution is -0.142. The van der Waals surface area contributed by atoms with Crippen LogP contribution in [-0.2, 0) is 46.6 Å². The van der Waals surface area contributed by atoms with Crippen molar-refractivity contribution in [3.8, 4) is 11.3 Å². The number of nitrogens with zero attached hydrogens (tertiary/aromatic N) is 4. The van der Waals surface area contributed by atoms with Gasteiger partial charge in [-0.05, 0) is 73.6 Å². The summed E-state index contributed by atoms with van der Waals surface area (Å²) >= 11 is 0. The lowest BCUT2D eigenvalue weighted by Gasteiger charge is -2.29. The lowest BCUT2D eigenvalue weighted by atomic mass is 9.91. The first kappa shape index (κ1) is 35.6. The molecule has 49 heavy (non-hydrogen) atoms. The first-order valence-electron chi connectivity index (χ1n) is 15.6. The summed E-state index contributed by atoms with van der Waals surface area (Å²) in [6, 6.07) is 6.56. The number of carbonyl (C=O) groups is 2. The Morgan fingerprint density at radius 3 is 2.31 bits per heavy atom. The Labute approximate surface area is 277 Å². The zero-order valence-electron chi connectivity index (χ0n) is 26.9. The highest BCUT2D eigenvalue weighted by Gasteiger charge is 2.37. The topological polar surface area (TPSA) is 123 Å². The van der Waals surface area contributed by atoms with Crippen molar-refractivity contribution in [2.75, 3.05) is 24.4 Å². The van der Waals surface area contributed by atoms with Crippen LogP contribution in [0.1, 0.15) is 54.9 Å². The molecule has 2 aromatic carbocycles. The molecule has 1 saturated carbocycles. The maximum Gasteiger partial charge on any atom is 0.416 e. The van der Waals surface area contributed by atoms with Gasteiger partial charge < -0.3 is 20.7 Å². The number of hydrogen-bond donors (Lipinski definition) is 3. The van der Waals surface area contributed by atoms with Crippen LogP contribution in [0.2, 0.25) is 0 Å². The Kier molecular flexibility index (Phi) is 10.5. The fourth-order valence-corrected chi connectivity index (χ4v) is 6.02. The fraction of sp³-hybridized carbons (Fsp3) is 0.424. The molecular formula is C33H35F6N7O3. The van der Waals surface area contributed by atoms with E-state index in [9.17, 15) is 35.9 Å². The number of carbonyl (C=O) groups excluding carboxylic acids is 2. The van der Waals surface area contributed by atoms with Crippen molar-refractivity contribution in [2.24, 2.45) is 7.05 Å². The van der Waals surface area contributed by atoms with Crippen molar-refractivity contribution in [1.29, 1.82) is 0 Å². The smallest absolute Gasteiger partial charge is 0.375 e. The van der Waals surface area contributed by atoms with Gasteiger partial charge in [0.2, 0.25) is 17.8 Å². The second-order valence-corrected chi connectivity index (χ2v) is 11.9. The molecule has 2 aromatic heterocycles. The van der Waals surface area contributed by atoms with Crippen LogP contribution in [0.15, 0.2) is 42.6 Å². The molecule has 4 aromatic rings. The van der Waals surface area contributed by atoms with Gasteiger partial charge in [-0.3, -0.25) is 14.3 Å². The van der Waals surface area contributed by atoms with E-state index in [2.05, 4.69) is 26.0 Å². The fourth-order valence-electron chi connectivity index (χ4n) is 6.02. The van der Waals surface area contributed by atoms with E-state index < -0.39 is 41.4 Å². The Morgan fingerprint density at radius 2 is 1.65 bits per heavy atom. The average molecular weight is 692 g/mol. The third-order valence-electron chi connectivity index (χ3n) is 8.38. The number of rotatable bonds is 10. The number of methoxy groups -OCH3 is 1. The van der Waals surface area contributed by atoms with E-state index in [0.29, 0.717) is 36.3 Å². The molecule has 1 fully saturated rings. The molecule has 1 aliphatic rings. The molecule has 262 valence electrons. The summed E-state index contributed by atoms with van der Waals surface area (Å²) in [4.78, 5) is 33.9. The number of halogens is 6. The Balaban J connectivity index is 1.30. The van der Waals surface area contributed by atoms with Crippen molar-refractivity contribution >= 4 is 34.5 Å². The second kappa shape index (κ2) is 14.4. The molecule has 0 aliphatic heterocycles. The maximum absolute atomic E-state index is 13.5. The van der Waals surface area contributed by atoms with E-state index in [-0.39, 0.29) is 30.4 Å². The standard InChI is InChI=1S/C33H35F6N7O3/c1-4-18-11-20(12-21-16-40-31(44-30(18)21)42-24-8-6-23(7-9-24)41-29(48)17-49-3)26-15-27(45-46(26)2)43-28(47)14-19-13-22(32(34,35)36)5-10-25(19)33(37,38)39/h5,10-13,15-16,23-24H,4,6-9,14,17H2,1-3H3,(H,41,48)(H,40,42,44)(H,43,45,47)/t23-,24-. The first-order chi connectivity index (χ1) is 23.1. The number of alkyl halides is 6. The van der Waals surface area contributed by atoms with Gasteiger partial charge in [-0.1, -0.05) is 6.92 Å². The normalized spacial score (nSPS) is 16.8.